The van der Waals surface area contributed by atoms with Gasteiger partial charge < -0.3 is 19.5 Å². The molecule has 10 nitrogen and oxygen atoms in total. The number of nitrogens with zero attached hydrogens (tertiary/aromatic N) is 6. The first-order valence-electron chi connectivity index (χ1n) is 10.2. The third-order valence-electron chi connectivity index (χ3n) is 5.29. The van der Waals surface area contributed by atoms with Crippen molar-refractivity contribution in [3.63, 3.8) is 0 Å². The van der Waals surface area contributed by atoms with Crippen molar-refractivity contribution in [2.45, 2.75) is 25.8 Å². The number of hydrogen-bond acceptors (Lipinski definition) is 9. The van der Waals surface area contributed by atoms with Gasteiger partial charge in [-0.3, -0.25) is 5.10 Å². The summed E-state index contributed by atoms with van der Waals surface area (Å²) in [5, 5.41) is 14.0. The number of halogens is 1. The average molecular weight is 436 g/mol. The summed E-state index contributed by atoms with van der Waals surface area (Å²) in [4.78, 5) is 14.8. The first kappa shape index (κ1) is 19.9. The monoisotopic (exact) mass is 436 g/mol. The van der Waals surface area contributed by atoms with Crippen LogP contribution in [0.4, 0.5) is 22.0 Å². The van der Waals surface area contributed by atoms with Crippen LogP contribution in [0.25, 0.3) is 11.3 Å². The molecule has 1 aliphatic heterocycles. The second-order valence-electron chi connectivity index (χ2n) is 7.45. The molecule has 2 N–H and O–H groups in total. The lowest BCUT2D eigenvalue weighted by Gasteiger charge is -2.22. The lowest BCUT2D eigenvalue weighted by Crippen LogP contribution is -2.24. The maximum atomic E-state index is 14.3. The molecule has 0 aromatic carbocycles. The number of hydrogen-bond donors (Lipinski definition) is 2. The molecule has 1 unspecified atom stereocenters. The summed E-state index contributed by atoms with van der Waals surface area (Å²) in [6.45, 7) is 2.57. The van der Waals surface area contributed by atoms with Crippen LogP contribution < -0.4 is 15.0 Å². The van der Waals surface area contributed by atoms with Crippen molar-refractivity contribution in [1.82, 2.24) is 30.3 Å². The molecule has 5 heterocycles. The number of pyridine rings is 1. The van der Waals surface area contributed by atoms with E-state index in [2.05, 4.69) is 35.6 Å². The molecule has 1 atom stereocenters. The van der Waals surface area contributed by atoms with Crippen LogP contribution in [0.2, 0.25) is 0 Å². The smallest absolute Gasteiger partial charge is 0.228 e. The Morgan fingerprint density at radius 2 is 2.22 bits per heavy atom. The Morgan fingerprint density at radius 3 is 3.03 bits per heavy atom. The topological polar surface area (TPSA) is 118 Å². The minimum atomic E-state index is -0.559. The molecular formula is C21H21FN8O2. The fraction of sp³-hybridized carbons (Fsp3) is 0.286. The summed E-state index contributed by atoms with van der Waals surface area (Å²) >= 11 is 0. The van der Waals surface area contributed by atoms with Gasteiger partial charge in [0.2, 0.25) is 11.8 Å². The number of aromatic amines is 1. The third-order valence-corrected chi connectivity index (χ3v) is 5.29. The molecule has 32 heavy (non-hydrogen) atoms. The van der Waals surface area contributed by atoms with Crippen LogP contribution in [0.1, 0.15) is 30.3 Å². The Labute approximate surface area is 182 Å². The van der Waals surface area contributed by atoms with Gasteiger partial charge in [0, 0.05) is 30.6 Å². The fourth-order valence-electron chi connectivity index (χ4n) is 3.81. The van der Waals surface area contributed by atoms with Crippen molar-refractivity contribution < 1.29 is 13.7 Å². The van der Waals surface area contributed by atoms with Crippen LogP contribution in [0, 0.1) is 12.7 Å². The van der Waals surface area contributed by atoms with Crippen molar-refractivity contribution in [2.75, 3.05) is 23.9 Å². The highest BCUT2D eigenvalue weighted by atomic mass is 19.1. The molecular weight excluding hydrogens is 415 g/mol. The lowest BCUT2D eigenvalue weighted by molar-refractivity contribution is 0.361. The molecule has 0 radical (unpaired) electrons. The molecule has 0 aliphatic carbocycles. The number of aryl methyl sites for hydroxylation is 1. The van der Waals surface area contributed by atoms with E-state index in [4.69, 9.17) is 9.26 Å². The van der Waals surface area contributed by atoms with E-state index in [-0.39, 0.29) is 11.9 Å². The summed E-state index contributed by atoms with van der Waals surface area (Å²) in [5.41, 5.74) is 2.23. The van der Waals surface area contributed by atoms with Crippen LogP contribution in [-0.2, 0) is 0 Å². The second kappa shape index (κ2) is 8.25. The van der Waals surface area contributed by atoms with Crippen molar-refractivity contribution in [2.24, 2.45) is 0 Å². The van der Waals surface area contributed by atoms with Gasteiger partial charge in [0.05, 0.1) is 24.9 Å². The molecule has 4 aromatic rings. The van der Waals surface area contributed by atoms with E-state index in [1.54, 1.807) is 19.4 Å². The maximum Gasteiger partial charge on any atom is 0.228 e. The highest BCUT2D eigenvalue weighted by Gasteiger charge is 2.32. The molecule has 164 valence electrons. The summed E-state index contributed by atoms with van der Waals surface area (Å²) in [7, 11) is 1.56. The largest absolute Gasteiger partial charge is 0.481 e. The lowest BCUT2D eigenvalue weighted by atomic mass is 10.1. The van der Waals surface area contributed by atoms with E-state index in [0.717, 1.165) is 30.3 Å². The molecule has 4 aromatic heterocycles. The minimum Gasteiger partial charge on any atom is -0.481 e. The number of anilines is 3. The molecule has 0 amide bonds. The van der Waals surface area contributed by atoms with Crippen LogP contribution in [-0.4, -0.2) is 44.0 Å². The minimum absolute atomic E-state index is 0.0607. The number of ether oxygens (including phenoxy) is 1. The number of nitrogens with one attached hydrogen (secondary N) is 2. The molecule has 1 fully saturated rings. The van der Waals surface area contributed by atoms with Crippen molar-refractivity contribution in [1.29, 1.82) is 0 Å². The third kappa shape index (κ3) is 3.72. The molecule has 0 saturated carbocycles. The fourth-order valence-corrected chi connectivity index (χ4v) is 3.81. The Kier molecular flexibility index (Phi) is 5.13. The zero-order valence-corrected chi connectivity index (χ0v) is 17.5. The van der Waals surface area contributed by atoms with Gasteiger partial charge in [0.25, 0.3) is 0 Å². The Hall–Kier alpha value is -4.02. The predicted octanol–water partition coefficient (Wildman–Crippen LogP) is 3.79. The van der Waals surface area contributed by atoms with Crippen LogP contribution >= 0.6 is 0 Å². The van der Waals surface area contributed by atoms with Gasteiger partial charge in [-0.15, -0.1) is 0 Å². The number of H-pyrrole nitrogens is 1. The van der Waals surface area contributed by atoms with E-state index in [9.17, 15) is 4.39 Å². The van der Waals surface area contributed by atoms with Crippen molar-refractivity contribution in [3.8, 4) is 17.1 Å². The van der Waals surface area contributed by atoms with E-state index in [1.807, 2.05) is 30.0 Å². The van der Waals surface area contributed by atoms with Crippen LogP contribution in [0.15, 0.2) is 41.2 Å². The van der Waals surface area contributed by atoms with E-state index < -0.39 is 5.82 Å². The van der Waals surface area contributed by atoms with Gasteiger partial charge in [0.1, 0.15) is 5.69 Å². The highest BCUT2D eigenvalue weighted by molar-refractivity contribution is 5.65. The van der Waals surface area contributed by atoms with E-state index in [0.29, 0.717) is 35.6 Å². The number of rotatable bonds is 6. The molecule has 0 spiro atoms. The van der Waals surface area contributed by atoms with Gasteiger partial charge in [-0.25, -0.2) is 14.4 Å². The summed E-state index contributed by atoms with van der Waals surface area (Å²) in [6, 6.07) is 7.21. The van der Waals surface area contributed by atoms with Crippen molar-refractivity contribution in [3.05, 3.63) is 53.9 Å². The molecule has 0 bridgehead atoms. The second-order valence-corrected chi connectivity index (χ2v) is 7.45. The highest BCUT2D eigenvalue weighted by Crippen LogP contribution is 2.37. The Bertz CT molecular complexity index is 1240. The first-order chi connectivity index (χ1) is 15.6. The molecule has 1 saturated heterocycles. The standard InChI is InChI=1S/C21H21FN8O2/c1-12-9-18(28-27-12)25-19-14(22)11-24-21(26-19)30-8-4-6-16(30)17-10-15(29-32-17)13-5-3-7-23-20(13)31-2/h3,5,7,9-11,16H,4,6,8H2,1-2H3,(H2,24,25,26,27,28). The molecule has 1 aliphatic rings. The Morgan fingerprint density at radius 1 is 1.31 bits per heavy atom. The summed E-state index contributed by atoms with van der Waals surface area (Å²) in [6.07, 6.45) is 4.57. The quantitative estimate of drug-likeness (QED) is 0.465. The zero-order chi connectivity index (χ0) is 22.1. The van der Waals surface area contributed by atoms with E-state index >= 15 is 0 Å². The normalized spacial score (nSPS) is 15.8. The predicted molar refractivity (Wildman–Crippen MR) is 114 cm³/mol. The van der Waals surface area contributed by atoms with Gasteiger partial charge in [0.15, 0.2) is 23.2 Å². The molecule has 11 heteroatoms. The zero-order valence-electron chi connectivity index (χ0n) is 17.5. The van der Waals surface area contributed by atoms with Crippen molar-refractivity contribution >= 4 is 17.6 Å². The average Bonchev–Trinajstić information content (AvgIpc) is 3.56. The van der Waals surface area contributed by atoms with Gasteiger partial charge in [-0.05, 0) is 31.9 Å². The SMILES string of the molecule is COc1ncccc1-c1cc(C2CCCN2c2ncc(F)c(Nc3cc(C)[nH]n3)n2)on1. The van der Waals surface area contributed by atoms with Gasteiger partial charge in [-0.1, -0.05) is 5.16 Å². The number of aromatic nitrogens is 6. The molecule has 5 rings (SSSR count). The first-order valence-corrected chi connectivity index (χ1v) is 10.2. The Balaban J connectivity index is 1.42. The van der Waals surface area contributed by atoms with E-state index in [1.165, 1.54) is 0 Å². The van der Waals surface area contributed by atoms with Crippen LogP contribution in [0.5, 0.6) is 5.88 Å². The van der Waals surface area contributed by atoms with Gasteiger partial charge in [-0.2, -0.15) is 10.1 Å². The van der Waals surface area contributed by atoms with Gasteiger partial charge >= 0.3 is 0 Å². The summed E-state index contributed by atoms with van der Waals surface area (Å²) < 4.78 is 25.3. The van der Waals surface area contributed by atoms with Crippen LogP contribution in [0.3, 0.4) is 0 Å². The summed E-state index contributed by atoms with van der Waals surface area (Å²) in [5.74, 6) is 1.53. The maximum absolute atomic E-state index is 14.3. The number of methoxy groups -OCH3 is 1.